The van der Waals surface area contributed by atoms with Gasteiger partial charge in [-0.25, -0.2) is 17.6 Å². The minimum absolute atomic E-state index is 0.0499. The molecule has 1 aromatic heterocycles. The molecule has 0 aliphatic carbocycles. The van der Waals surface area contributed by atoms with E-state index in [9.17, 15) is 17.6 Å². The van der Waals surface area contributed by atoms with Gasteiger partial charge in [0.25, 0.3) is 0 Å². The van der Waals surface area contributed by atoms with Crippen LogP contribution in [0.3, 0.4) is 0 Å². The van der Waals surface area contributed by atoms with Gasteiger partial charge in [-0.05, 0) is 51.5 Å². The number of sulfone groups is 1. The summed E-state index contributed by atoms with van der Waals surface area (Å²) in [6.07, 6.45) is 0.390. The van der Waals surface area contributed by atoms with Crippen molar-refractivity contribution < 1.29 is 22.0 Å². The third-order valence-corrected chi connectivity index (χ3v) is 7.62. The fourth-order valence-electron chi connectivity index (χ4n) is 2.98. The minimum atomic E-state index is -3.24. The maximum absolute atomic E-state index is 13.3. The molecule has 0 saturated carbocycles. The Balaban J connectivity index is 1.70. The van der Waals surface area contributed by atoms with Crippen molar-refractivity contribution in [2.24, 2.45) is 0 Å². The number of nitrogens with zero attached hydrogens (tertiary/aromatic N) is 1. The lowest BCUT2D eigenvalue weighted by molar-refractivity contribution is 0.195. The minimum Gasteiger partial charge on any atom is -0.459 e. The van der Waals surface area contributed by atoms with Crippen LogP contribution < -0.4 is 5.32 Å². The second-order valence-electron chi connectivity index (χ2n) is 7.32. The highest BCUT2D eigenvalue weighted by Gasteiger charge is 2.38. The molecule has 8 heteroatoms. The zero-order chi connectivity index (χ0) is 19.1. The highest BCUT2D eigenvalue weighted by molar-refractivity contribution is 7.92. The van der Waals surface area contributed by atoms with E-state index in [1.54, 1.807) is 32.9 Å². The van der Waals surface area contributed by atoms with Crippen molar-refractivity contribution in [2.45, 2.75) is 38.0 Å². The normalized spacial score (nSPS) is 20.5. The van der Waals surface area contributed by atoms with Crippen molar-refractivity contribution in [3.05, 3.63) is 35.8 Å². The molecule has 1 aliphatic rings. The molecule has 1 saturated heterocycles. The van der Waals surface area contributed by atoms with Crippen LogP contribution >= 0.6 is 0 Å². The molecule has 1 aliphatic heterocycles. The zero-order valence-electron chi connectivity index (χ0n) is 15.1. The van der Waals surface area contributed by atoms with E-state index in [0.29, 0.717) is 29.7 Å². The predicted molar refractivity (Wildman–Crippen MR) is 97.2 cm³/mol. The van der Waals surface area contributed by atoms with Gasteiger partial charge in [0.1, 0.15) is 17.2 Å². The quantitative estimate of drug-likeness (QED) is 0.865. The lowest BCUT2D eigenvalue weighted by atomic mass is 10.1. The number of carbonyl (C=O) groups excluding carboxylic acids is 1. The summed E-state index contributed by atoms with van der Waals surface area (Å²) < 4.78 is 42.6. The highest BCUT2D eigenvalue weighted by Crippen LogP contribution is 2.27. The third-order valence-electron chi connectivity index (χ3n) is 5.01. The Hall–Kier alpha value is -2.09. The van der Waals surface area contributed by atoms with Gasteiger partial charge in [0.15, 0.2) is 9.84 Å². The maximum Gasteiger partial charge on any atom is 0.318 e. The van der Waals surface area contributed by atoms with Crippen LogP contribution in [0.1, 0.15) is 39.0 Å². The number of amides is 2. The van der Waals surface area contributed by atoms with E-state index in [1.165, 1.54) is 17.0 Å². The number of urea groups is 1. The summed E-state index contributed by atoms with van der Waals surface area (Å²) >= 11 is 0. The fraction of sp³-hybridized carbons (Fsp3) is 0.500. The van der Waals surface area contributed by atoms with Crippen LogP contribution in [0.25, 0.3) is 11.0 Å². The Labute approximate surface area is 152 Å². The maximum atomic E-state index is 13.3. The van der Waals surface area contributed by atoms with Crippen LogP contribution in [-0.4, -0.2) is 42.9 Å². The fourth-order valence-corrected chi connectivity index (χ4v) is 4.39. The standard InChI is InChI=1S/C18H23FN2O4S/c1-12(16-11-13-10-14(19)4-5-15(13)25-16)20-17(22)21-7-6-18(2,3)26(23,24)9-8-21/h4-5,10-12H,6-9H2,1-3H3,(H,20,22). The van der Waals surface area contributed by atoms with Gasteiger partial charge < -0.3 is 14.6 Å². The largest absolute Gasteiger partial charge is 0.459 e. The number of rotatable bonds is 2. The van der Waals surface area contributed by atoms with Crippen LogP contribution in [0.2, 0.25) is 0 Å². The highest BCUT2D eigenvalue weighted by atomic mass is 32.2. The summed E-state index contributed by atoms with van der Waals surface area (Å²) in [5, 5.41) is 3.46. The monoisotopic (exact) mass is 382 g/mol. The lowest BCUT2D eigenvalue weighted by Crippen LogP contribution is -2.42. The first kappa shape index (κ1) is 18.7. The van der Waals surface area contributed by atoms with Gasteiger partial charge in [0, 0.05) is 18.5 Å². The molecular formula is C18H23FN2O4S. The Morgan fingerprint density at radius 2 is 2.04 bits per heavy atom. The van der Waals surface area contributed by atoms with Crippen LogP contribution in [0, 0.1) is 5.82 Å². The summed E-state index contributed by atoms with van der Waals surface area (Å²) in [4.78, 5) is 14.1. The average molecular weight is 382 g/mol. The topological polar surface area (TPSA) is 79.6 Å². The Bertz CT molecular complexity index is 936. The van der Waals surface area contributed by atoms with E-state index >= 15 is 0 Å². The van der Waals surface area contributed by atoms with Gasteiger partial charge >= 0.3 is 6.03 Å². The first-order valence-electron chi connectivity index (χ1n) is 8.56. The smallest absolute Gasteiger partial charge is 0.318 e. The van der Waals surface area contributed by atoms with Gasteiger partial charge in [-0.2, -0.15) is 0 Å². The second-order valence-corrected chi connectivity index (χ2v) is 10.1. The molecule has 2 heterocycles. The van der Waals surface area contributed by atoms with E-state index in [2.05, 4.69) is 5.32 Å². The molecule has 1 aromatic carbocycles. The molecule has 26 heavy (non-hydrogen) atoms. The summed E-state index contributed by atoms with van der Waals surface area (Å²) in [7, 11) is -3.24. The van der Waals surface area contributed by atoms with Crippen molar-refractivity contribution >= 4 is 26.8 Å². The predicted octanol–water partition coefficient (Wildman–Crippen LogP) is 3.24. The van der Waals surface area contributed by atoms with Crippen molar-refractivity contribution in [3.63, 3.8) is 0 Å². The first-order chi connectivity index (χ1) is 12.1. The molecule has 0 spiro atoms. The third kappa shape index (κ3) is 3.56. The molecule has 1 N–H and O–H groups in total. The Kier molecular flexibility index (Phi) is 4.72. The molecule has 142 valence electrons. The van der Waals surface area contributed by atoms with Crippen molar-refractivity contribution in [3.8, 4) is 0 Å². The number of carbonyl (C=O) groups is 1. The van der Waals surface area contributed by atoms with E-state index in [4.69, 9.17) is 4.42 Å². The average Bonchev–Trinajstić information content (AvgIpc) is 2.92. The molecule has 1 unspecified atom stereocenters. The number of hydrogen-bond donors (Lipinski definition) is 1. The van der Waals surface area contributed by atoms with Crippen LogP contribution in [0.15, 0.2) is 28.7 Å². The van der Waals surface area contributed by atoms with Crippen LogP contribution in [-0.2, 0) is 9.84 Å². The molecule has 3 rings (SSSR count). The number of furan rings is 1. The summed E-state index contributed by atoms with van der Waals surface area (Å²) in [6.45, 7) is 5.69. The first-order valence-corrected chi connectivity index (χ1v) is 10.2. The molecule has 1 fully saturated rings. The number of nitrogens with one attached hydrogen (secondary N) is 1. The second kappa shape index (κ2) is 6.57. The summed E-state index contributed by atoms with van der Waals surface area (Å²) in [5.41, 5.74) is 0.546. The molecule has 2 amide bonds. The molecule has 6 nitrogen and oxygen atoms in total. The number of fused-ring (bicyclic) bond motifs is 1. The van der Waals surface area contributed by atoms with E-state index in [-0.39, 0.29) is 24.1 Å². The van der Waals surface area contributed by atoms with Gasteiger partial charge in [0.05, 0.1) is 16.5 Å². The molecule has 2 aromatic rings. The zero-order valence-corrected chi connectivity index (χ0v) is 15.9. The molecule has 0 bridgehead atoms. The summed E-state index contributed by atoms with van der Waals surface area (Å²) in [6, 6.07) is 5.17. The van der Waals surface area contributed by atoms with Crippen LogP contribution in [0.4, 0.5) is 9.18 Å². The van der Waals surface area contributed by atoms with Gasteiger partial charge in [-0.15, -0.1) is 0 Å². The number of hydrogen-bond acceptors (Lipinski definition) is 4. The van der Waals surface area contributed by atoms with Crippen molar-refractivity contribution in [1.29, 1.82) is 0 Å². The van der Waals surface area contributed by atoms with E-state index < -0.39 is 20.6 Å². The number of halogens is 1. The molecule has 1 atom stereocenters. The Morgan fingerprint density at radius 1 is 1.31 bits per heavy atom. The van der Waals surface area contributed by atoms with Gasteiger partial charge in [-0.3, -0.25) is 0 Å². The van der Waals surface area contributed by atoms with E-state index in [1.807, 2.05) is 0 Å². The van der Waals surface area contributed by atoms with Gasteiger partial charge in [-0.1, -0.05) is 0 Å². The van der Waals surface area contributed by atoms with Crippen LogP contribution in [0.5, 0.6) is 0 Å². The van der Waals surface area contributed by atoms with E-state index in [0.717, 1.165) is 0 Å². The number of benzene rings is 1. The Morgan fingerprint density at radius 3 is 2.77 bits per heavy atom. The lowest BCUT2D eigenvalue weighted by Gasteiger charge is -2.24. The molecular weight excluding hydrogens is 359 g/mol. The van der Waals surface area contributed by atoms with Crippen molar-refractivity contribution in [1.82, 2.24) is 10.2 Å². The van der Waals surface area contributed by atoms with Crippen molar-refractivity contribution in [2.75, 3.05) is 18.8 Å². The van der Waals surface area contributed by atoms with Gasteiger partial charge in [0.2, 0.25) is 0 Å². The SMILES string of the molecule is CC(NC(=O)N1CCC(C)(C)S(=O)(=O)CC1)c1cc2cc(F)ccc2o1. The summed E-state index contributed by atoms with van der Waals surface area (Å²) in [5.74, 6) is 0.114. The molecule has 0 radical (unpaired) electrons.